The van der Waals surface area contributed by atoms with Crippen LogP contribution in [0.15, 0.2) is 52.1 Å². The number of amides is 1. The quantitative estimate of drug-likeness (QED) is 0.803. The maximum absolute atomic E-state index is 13.7. The summed E-state index contributed by atoms with van der Waals surface area (Å²) in [7, 11) is 0. The molecule has 5 nitrogen and oxygen atoms in total. The zero-order chi connectivity index (χ0) is 16.4. The molecule has 0 aromatic heterocycles. The number of hydrogen-bond donors (Lipinski definition) is 2. The van der Waals surface area contributed by atoms with E-state index in [4.69, 9.17) is 4.84 Å². The molecule has 2 aromatic rings. The molecule has 0 radical (unpaired) electrons. The van der Waals surface area contributed by atoms with E-state index in [0.29, 0.717) is 15.7 Å². The number of rotatable bonds is 3. The van der Waals surface area contributed by atoms with Crippen molar-refractivity contribution in [2.45, 2.75) is 12.5 Å². The summed E-state index contributed by atoms with van der Waals surface area (Å²) in [5.74, 6) is -0.941. The highest BCUT2D eigenvalue weighted by molar-refractivity contribution is 9.10. The van der Waals surface area contributed by atoms with Crippen molar-refractivity contribution in [1.29, 1.82) is 0 Å². The Labute approximate surface area is 139 Å². The van der Waals surface area contributed by atoms with Crippen LogP contribution in [0.2, 0.25) is 0 Å². The van der Waals surface area contributed by atoms with Crippen LogP contribution in [0.1, 0.15) is 12.0 Å². The number of oxime groups is 1. The smallest absolute Gasteiger partial charge is 0.268 e. The predicted octanol–water partition coefficient (Wildman–Crippen LogP) is 3.43. The molecule has 1 aliphatic heterocycles. The minimum absolute atomic E-state index is 0.0604. The fourth-order valence-electron chi connectivity index (χ4n) is 2.19. The number of aromatic hydroxyl groups is 1. The summed E-state index contributed by atoms with van der Waals surface area (Å²) in [6.45, 7) is 0. The van der Waals surface area contributed by atoms with E-state index in [0.717, 1.165) is 0 Å². The average molecular weight is 379 g/mol. The van der Waals surface area contributed by atoms with E-state index in [1.807, 2.05) is 0 Å². The fourth-order valence-corrected chi connectivity index (χ4v) is 2.56. The van der Waals surface area contributed by atoms with E-state index in [1.54, 1.807) is 30.3 Å². The summed E-state index contributed by atoms with van der Waals surface area (Å²) in [6, 6.07) is 10.8. The molecule has 1 atom stereocenters. The largest absolute Gasteiger partial charge is 0.506 e. The standard InChI is InChI=1S/C16H12BrFN2O3/c17-9-5-6-14(21)13(7-9)19-16(22)15-8-12(20-23-15)10-3-1-2-4-11(10)18/h1-7,15,21H,8H2,(H,19,22)/t15-/m1/s1. The normalized spacial score (nSPS) is 16.6. The van der Waals surface area contributed by atoms with Crippen LogP contribution >= 0.6 is 15.9 Å². The van der Waals surface area contributed by atoms with Gasteiger partial charge in [-0.15, -0.1) is 0 Å². The molecule has 1 amide bonds. The number of hydrogen-bond acceptors (Lipinski definition) is 4. The summed E-state index contributed by atoms with van der Waals surface area (Å²) in [6.07, 6.45) is -0.718. The van der Waals surface area contributed by atoms with Gasteiger partial charge >= 0.3 is 0 Å². The lowest BCUT2D eigenvalue weighted by atomic mass is 10.0. The van der Waals surface area contributed by atoms with E-state index in [9.17, 15) is 14.3 Å². The van der Waals surface area contributed by atoms with Gasteiger partial charge < -0.3 is 15.3 Å². The lowest BCUT2D eigenvalue weighted by molar-refractivity contribution is -0.125. The Morgan fingerprint density at radius 3 is 2.91 bits per heavy atom. The molecule has 0 saturated carbocycles. The Morgan fingerprint density at radius 1 is 1.35 bits per heavy atom. The first-order chi connectivity index (χ1) is 11.0. The van der Waals surface area contributed by atoms with E-state index in [2.05, 4.69) is 26.4 Å². The average Bonchev–Trinajstić information content (AvgIpc) is 3.01. The number of carbonyl (C=O) groups is 1. The van der Waals surface area contributed by atoms with Crippen molar-refractivity contribution in [3.63, 3.8) is 0 Å². The van der Waals surface area contributed by atoms with Gasteiger partial charge in [0.2, 0.25) is 6.10 Å². The van der Waals surface area contributed by atoms with Crippen LogP contribution in [-0.2, 0) is 9.63 Å². The molecule has 0 saturated heterocycles. The van der Waals surface area contributed by atoms with E-state index in [1.165, 1.54) is 12.1 Å². The molecule has 2 N–H and O–H groups in total. The lowest BCUT2D eigenvalue weighted by Crippen LogP contribution is -2.28. The van der Waals surface area contributed by atoms with E-state index >= 15 is 0 Å². The Hall–Kier alpha value is -2.41. The number of anilines is 1. The van der Waals surface area contributed by atoms with E-state index < -0.39 is 17.8 Å². The first-order valence-electron chi connectivity index (χ1n) is 6.81. The molecule has 0 bridgehead atoms. The van der Waals surface area contributed by atoms with Gasteiger partial charge in [0.15, 0.2) is 0 Å². The van der Waals surface area contributed by atoms with Crippen LogP contribution < -0.4 is 5.32 Å². The highest BCUT2D eigenvalue weighted by Crippen LogP contribution is 2.28. The van der Waals surface area contributed by atoms with Crippen molar-refractivity contribution in [3.05, 3.63) is 58.3 Å². The second-order valence-electron chi connectivity index (χ2n) is 4.97. The third-order valence-electron chi connectivity index (χ3n) is 3.36. The van der Waals surface area contributed by atoms with E-state index in [-0.39, 0.29) is 17.9 Å². The molecule has 7 heteroatoms. The molecule has 3 rings (SSSR count). The number of carbonyl (C=O) groups excluding carboxylic acids is 1. The van der Waals surface area contributed by atoms with Gasteiger partial charge in [-0.3, -0.25) is 4.79 Å². The maximum Gasteiger partial charge on any atom is 0.268 e. The van der Waals surface area contributed by atoms with Gasteiger partial charge in [-0.2, -0.15) is 0 Å². The van der Waals surface area contributed by atoms with Gasteiger partial charge in [0.25, 0.3) is 5.91 Å². The molecule has 1 heterocycles. The van der Waals surface area contributed by atoms with Crippen LogP contribution in [-0.4, -0.2) is 22.8 Å². The van der Waals surface area contributed by atoms with Gasteiger partial charge in [0.05, 0.1) is 11.4 Å². The van der Waals surface area contributed by atoms with Crippen LogP contribution in [0.3, 0.4) is 0 Å². The summed E-state index contributed by atoms with van der Waals surface area (Å²) in [5, 5.41) is 16.1. The summed E-state index contributed by atoms with van der Waals surface area (Å²) in [4.78, 5) is 17.3. The first-order valence-corrected chi connectivity index (χ1v) is 7.61. The molecule has 0 unspecified atom stereocenters. The van der Waals surface area contributed by atoms with Crippen molar-refractivity contribution in [2.24, 2.45) is 5.16 Å². The molecule has 0 aliphatic carbocycles. The molecule has 0 fully saturated rings. The Balaban J connectivity index is 1.69. The highest BCUT2D eigenvalue weighted by atomic mass is 79.9. The lowest BCUT2D eigenvalue weighted by Gasteiger charge is -2.11. The molecule has 2 aromatic carbocycles. The highest BCUT2D eigenvalue weighted by Gasteiger charge is 2.30. The SMILES string of the molecule is O=C(Nc1cc(Br)ccc1O)[C@H]1CC(c2ccccc2F)=NO1. The molecule has 1 aliphatic rings. The minimum atomic E-state index is -0.872. The van der Waals surface area contributed by atoms with Crippen molar-refractivity contribution < 1.29 is 19.1 Å². The second kappa shape index (κ2) is 6.37. The van der Waals surface area contributed by atoms with Crippen LogP contribution in [0.25, 0.3) is 0 Å². The van der Waals surface area contributed by atoms with Gasteiger partial charge in [0, 0.05) is 16.5 Å². The first kappa shape index (κ1) is 15.5. The van der Waals surface area contributed by atoms with Crippen LogP contribution in [0.5, 0.6) is 5.75 Å². The topological polar surface area (TPSA) is 70.9 Å². The Kier molecular flexibility index (Phi) is 4.29. The number of nitrogens with zero attached hydrogens (tertiary/aromatic N) is 1. The number of phenolic OH excluding ortho intramolecular Hbond substituents is 1. The van der Waals surface area contributed by atoms with Gasteiger partial charge in [-0.05, 0) is 24.3 Å². The molecule has 118 valence electrons. The van der Waals surface area contributed by atoms with Crippen molar-refractivity contribution in [3.8, 4) is 5.75 Å². The summed E-state index contributed by atoms with van der Waals surface area (Å²) in [5.41, 5.74) is 0.946. The van der Waals surface area contributed by atoms with Crippen LogP contribution in [0, 0.1) is 5.82 Å². The number of phenols is 1. The maximum atomic E-state index is 13.7. The third-order valence-corrected chi connectivity index (χ3v) is 3.86. The number of benzene rings is 2. The molecule has 0 spiro atoms. The monoisotopic (exact) mass is 378 g/mol. The Morgan fingerprint density at radius 2 is 2.13 bits per heavy atom. The molecular weight excluding hydrogens is 367 g/mol. The van der Waals surface area contributed by atoms with Crippen molar-refractivity contribution in [2.75, 3.05) is 5.32 Å². The molecule has 23 heavy (non-hydrogen) atoms. The summed E-state index contributed by atoms with van der Waals surface area (Å²) >= 11 is 3.26. The van der Waals surface area contributed by atoms with Crippen molar-refractivity contribution in [1.82, 2.24) is 0 Å². The third kappa shape index (κ3) is 3.34. The van der Waals surface area contributed by atoms with Crippen molar-refractivity contribution >= 4 is 33.2 Å². The zero-order valence-electron chi connectivity index (χ0n) is 11.8. The minimum Gasteiger partial charge on any atom is -0.506 e. The van der Waals surface area contributed by atoms with Gasteiger partial charge in [0.1, 0.15) is 11.6 Å². The number of nitrogens with one attached hydrogen (secondary N) is 1. The van der Waals surface area contributed by atoms with Crippen LogP contribution in [0.4, 0.5) is 10.1 Å². The fraction of sp³-hybridized carbons (Fsp3) is 0.125. The zero-order valence-corrected chi connectivity index (χ0v) is 13.4. The van der Waals surface area contributed by atoms with Gasteiger partial charge in [-0.1, -0.05) is 39.3 Å². The number of halogens is 2. The second-order valence-corrected chi connectivity index (χ2v) is 5.88. The van der Waals surface area contributed by atoms with Gasteiger partial charge in [-0.25, -0.2) is 4.39 Å². The summed E-state index contributed by atoms with van der Waals surface area (Å²) < 4.78 is 14.4. The Bertz CT molecular complexity index is 795. The predicted molar refractivity (Wildman–Crippen MR) is 86.9 cm³/mol. The molecular formula is C16H12BrFN2O3.